The summed E-state index contributed by atoms with van der Waals surface area (Å²) in [6.45, 7) is 1.65. The zero-order valence-corrected chi connectivity index (χ0v) is 14.7. The van der Waals surface area contributed by atoms with Crippen LogP contribution in [0.5, 0.6) is 0 Å². The molecule has 0 radical (unpaired) electrons. The van der Waals surface area contributed by atoms with Gasteiger partial charge in [0.05, 0.1) is 10.9 Å². The van der Waals surface area contributed by atoms with Crippen molar-refractivity contribution < 1.29 is 14.4 Å². The molecule has 0 bridgehead atoms. The second-order valence-corrected chi connectivity index (χ2v) is 6.36. The van der Waals surface area contributed by atoms with Crippen LogP contribution in [0.1, 0.15) is 24.7 Å². The fourth-order valence-corrected chi connectivity index (χ4v) is 2.92. The number of hydrogen-bond donors (Lipinski definition) is 2. The van der Waals surface area contributed by atoms with E-state index in [0.29, 0.717) is 17.0 Å². The van der Waals surface area contributed by atoms with Crippen molar-refractivity contribution in [3.63, 3.8) is 0 Å². The minimum atomic E-state index is -0.780. The summed E-state index contributed by atoms with van der Waals surface area (Å²) in [4.78, 5) is 54.1. The third kappa shape index (κ3) is 3.15. The Labute approximate surface area is 149 Å². The van der Waals surface area contributed by atoms with Crippen LogP contribution in [0.3, 0.4) is 0 Å². The molecule has 9 heteroatoms. The molecule has 0 saturated carbocycles. The predicted octanol–water partition coefficient (Wildman–Crippen LogP) is 0.776. The molecule has 2 heterocycles. The lowest BCUT2D eigenvalue weighted by molar-refractivity contribution is -0.135. The van der Waals surface area contributed by atoms with Crippen LogP contribution >= 0.6 is 0 Å². The van der Waals surface area contributed by atoms with E-state index in [9.17, 15) is 19.2 Å². The number of urea groups is 1. The third-order valence-corrected chi connectivity index (χ3v) is 4.26. The molecule has 1 aromatic carbocycles. The summed E-state index contributed by atoms with van der Waals surface area (Å²) in [6, 6.07) is 3.73. The first-order valence-electron chi connectivity index (χ1n) is 8.13. The normalized spacial score (nSPS) is 17.1. The van der Waals surface area contributed by atoms with Crippen LogP contribution in [0, 0.1) is 6.92 Å². The molecule has 2 aromatic rings. The minimum absolute atomic E-state index is 0.166. The number of piperidine rings is 1. The smallest absolute Gasteiger partial charge is 0.321 e. The van der Waals surface area contributed by atoms with E-state index in [2.05, 4.69) is 15.6 Å². The topological polar surface area (TPSA) is 113 Å². The van der Waals surface area contributed by atoms with Crippen molar-refractivity contribution in [2.75, 3.05) is 19.4 Å². The Kier molecular flexibility index (Phi) is 4.45. The average molecular weight is 357 g/mol. The molecular weight excluding hydrogens is 338 g/mol. The van der Waals surface area contributed by atoms with Crippen molar-refractivity contribution in [3.8, 4) is 0 Å². The quantitative estimate of drug-likeness (QED) is 0.771. The van der Waals surface area contributed by atoms with Gasteiger partial charge in [0.15, 0.2) is 0 Å². The standard InChI is InChI=1S/C17H19N5O4/c1-9-18-12-5-4-10(19-17(26)21(2)3)8-11(12)16(25)22(9)13-6-7-14(23)20-15(13)24/h4-5,8,13H,6-7H2,1-3H3,(H,19,26)(H,20,23,24). The second-order valence-electron chi connectivity index (χ2n) is 6.36. The number of amides is 4. The number of benzene rings is 1. The molecule has 3 rings (SSSR count). The number of anilines is 1. The number of rotatable bonds is 2. The van der Waals surface area contributed by atoms with Gasteiger partial charge in [-0.25, -0.2) is 9.78 Å². The van der Waals surface area contributed by atoms with Gasteiger partial charge < -0.3 is 10.2 Å². The maximum Gasteiger partial charge on any atom is 0.321 e. The lowest BCUT2D eigenvalue weighted by Crippen LogP contribution is -2.45. The number of hydrogen-bond acceptors (Lipinski definition) is 5. The number of fused-ring (bicyclic) bond motifs is 1. The van der Waals surface area contributed by atoms with Gasteiger partial charge in [0.2, 0.25) is 11.8 Å². The van der Waals surface area contributed by atoms with Crippen molar-refractivity contribution >= 4 is 34.4 Å². The SMILES string of the molecule is Cc1nc2ccc(NC(=O)N(C)C)cc2c(=O)n1C1CCC(=O)NC1=O. The van der Waals surface area contributed by atoms with Gasteiger partial charge in [-0.1, -0.05) is 0 Å². The van der Waals surface area contributed by atoms with Crippen LogP contribution < -0.4 is 16.2 Å². The summed E-state index contributed by atoms with van der Waals surface area (Å²) in [5, 5.41) is 5.22. The maximum atomic E-state index is 13.0. The summed E-state index contributed by atoms with van der Waals surface area (Å²) in [5.41, 5.74) is 0.538. The van der Waals surface area contributed by atoms with Crippen LogP contribution in [0.15, 0.2) is 23.0 Å². The van der Waals surface area contributed by atoms with E-state index in [-0.39, 0.29) is 35.7 Å². The Morgan fingerprint density at radius 1 is 1.31 bits per heavy atom. The lowest BCUT2D eigenvalue weighted by Gasteiger charge is -2.24. The minimum Gasteiger partial charge on any atom is -0.331 e. The van der Waals surface area contributed by atoms with Gasteiger partial charge in [0, 0.05) is 26.2 Å². The first-order chi connectivity index (χ1) is 12.3. The highest BCUT2D eigenvalue weighted by Gasteiger charge is 2.30. The first kappa shape index (κ1) is 17.6. The van der Waals surface area contributed by atoms with E-state index >= 15 is 0 Å². The molecule has 1 unspecified atom stereocenters. The van der Waals surface area contributed by atoms with Crippen molar-refractivity contribution in [1.29, 1.82) is 0 Å². The predicted molar refractivity (Wildman–Crippen MR) is 94.9 cm³/mol. The van der Waals surface area contributed by atoms with Crippen LogP contribution in [0.25, 0.3) is 10.9 Å². The largest absolute Gasteiger partial charge is 0.331 e. The molecule has 9 nitrogen and oxygen atoms in total. The molecule has 1 atom stereocenters. The van der Waals surface area contributed by atoms with E-state index in [4.69, 9.17) is 0 Å². The van der Waals surface area contributed by atoms with Gasteiger partial charge in [0.25, 0.3) is 5.56 Å². The summed E-state index contributed by atoms with van der Waals surface area (Å²) in [5.74, 6) is -0.467. The Morgan fingerprint density at radius 2 is 2.04 bits per heavy atom. The van der Waals surface area contributed by atoms with E-state index in [0.717, 1.165) is 0 Å². The average Bonchev–Trinajstić information content (AvgIpc) is 2.57. The fourth-order valence-electron chi connectivity index (χ4n) is 2.92. The zero-order valence-electron chi connectivity index (χ0n) is 14.7. The molecule has 2 N–H and O–H groups in total. The monoisotopic (exact) mass is 357 g/mol. The van der Waals surface area contributed by atoms with E-state index in [1.807, 2.05) is 0 Å². The highest BCUT2D eigenvalue weighted by atomic mass is 16.2. The first-order valence-corrected chi connectivity index (χ1v) is 8.13. The van der Waals surface area contributed by atoms with Crippen LogP contribution in [-0.2, 0) is 9.59 Å². The number of carbonyl (C=O) groups excluding carboxylic acids is 3. The van der Waals surface area contributed by atoms with Crippen LogP contribution in [0.4, 0.5) is 10.5 Å². The van der Waals surface area contributed by atoms with Crippen LogP contribution in [-0.4, -0.2) is 46.4 Å². The molecule has 1 aliphatic heterocycles. The number of nitrogens with one attached hydrogen (secondary N) is 2. The maximum absolute atomic E-state index is 13.0. The highest BCUT2D eigenvalue weighted by Crippen LogP contribution is 2.21. The van der Waals surface area contributed by atoms with Crippen LogP contribution in [0.2, 0.25) is 0 Å². The number of imide groups is 1. The molecule has 0 spiro atoms. The van der Waals surface area contributed by atoms with Crippen molar-refractivity contribution in [3.05, 3.63) is 34.4 Å². The van der Waals surface area contributed by atoms with Crippen molar-refractivity contribution in [2.45, 2.75) is 25.8 Å². The molecule has 1 fully saturated rings. The number of aromatic nitrogens is 2. The van der Waals surface area contributed by atoms with E-state index < -0.39 is 11.9 Å². The highest BCUT2D eigenvalue weighted by molar-refractivity contribution is 5.99. The number of carbonyl (C=O) groups is 3. The van der Waals surface area contributed by atoms with E-state index in [1.165, 1.54) is 15.5 Å². The fraction of sp³-hybridized carbons (Fsp3) is 0.353. The van der Waals surface area contributed by atoms with Gasteiger partial charge in [-0.3, -0.25) is 24.3 Å². The second kappa shape index (κ2) is 6.58. The molecule has 26 heavy (non-hydrogen) atoms. The molecular formula is C17H19N5O4. The number of nitrogens with zero attached hydrogens (tertiary/aromatic N) is 3. The van der Waals surface area contributed by atoms with Crippen molar-refractivity contribution in [1.82, 2.24) is 19.8 Å². The molecule has 1 aliphatic rings. The molecule has 1 aromatic heterocycles. The third-order valence-electron chi connectivity index (χ3n) is 4.26. The Bertz CT molecular complexity index is 979. The van der Waals surface area contributed by atoms with Gasteiger partial charge >= 0.3 is 6.03 Å². The summed E-state index contributed by atoms with van der Waals surface area (Å²) >= 11 is 0. The molecule has 1 saturated heterocycles. The van der Waals surface area contributed by atoms with E-state index in [1.54, 1.807) is 33.2 Å². The summed E-state index contributed by atoms with van der Waals surface area (Å²) in [7, 11) is 3.22. The van der Waals surface area contributed by atoms with Gasteiger partial charge in [-0.15, -0.1) is 0 Å². The Balaban J connectivity index is 2.07. The zero-order chi connectivity index (χ0) is 19.0. The van der Waals surface area contributed by atoms with Gasteiger partial charge in [-0.05, 0) is 31.5 Å². The van der Waals surface area contributed by atoms with Crippen molar-refractivity contribution in [2.24, 2.45) is 0 Å². The molecule has 0 aliphatic carbocycles. The number of aryl methyl sites for hydroxylation is 1. The Morgan fingerprint density at radius 3 is 2.69 bits per heavy atom. The summed E-state index contributed by atoms with van der Waals surface area (Å²) in [6.07, 6.45) is 0.412. The Hall–Kier alpha value is -3.23. The molecule has 4 amide bonds. The molecule has 136 valence electrons. The van der Waals surface area contributed by atoms with Gasteiger partial charge in [-0.2, -0.15) is 0 Å². The lowest BCUT2D eigenvalue weighted by atomic mass is 10.1. The summed E-state index contributed by atoms with van der Waals surface area (Å²) < 4.78 is 1.31. The van der Waals surface area contributed by atoms with Gasteiger partial charge in [0.1, 0.15) is 11.9 Å².